The Hall–Kier alpha value is -1.92. The quantitative estimate of drug-likeness (QED) is 0.436. The Morgan fingerprint density at radius 2 is 1.75 bits per heavy atom. The zero-order valence-electron chi connectivity index (χ0n) is 15.1. The van der Waals surface area contributed by atoms with Crippen LogP contribution in [0.2, 0.25) is 0 Å². The molecule has 0 saturated carbocycles. The molecule has 5 unspecified atom stereocenters. The molecule has 136 valence electrons. The molecule has 7 nitrogen and oxygen atoms in total. The normalized spacial score (nSPS) is 31.5. The molecule has 0 radical (unpaired) electrons. The zero-order valence-corrected chi connectivity index (χ0v) is 15.1. The lowest BCUT2D eigenvalue weighted by Crippen LogP contribution is -2.44. The average molecular weight is 342 g/mol. The van der Waals surface area contributed by atoms with Gasteiger partial charge in [0, 0.05) is 5.92 Å². The van der Waals surface area contributed by atoms with E-state index in [0.717, 1.165) is 0 Å². The average Bonchev–Trinajstić information content (AvgIpc) is 3.00. The number of hydrogen-bond donors (Lipinski definition) is 0. The molecule has 0 N–H and O–H groups in total. The second-order valence-electron chi connectivity index (χ2n) is 6.33. The maximum Gasteiger partial charge on any atom is 0.318 e. The first-order valence-electron chi connectivity index (χ1n) is 8.23. The first-order valence-corrected chi connectivity index (χ1v) is 8.23. The molecule has 2 rings (SSSR count). The summed E-state index contributed by atoms with van der Waals surface area (Å²) >= 11 is 0. The molecule has 24 heavy (non-hydrogen) atoms. The van der Waals surface area contributed by atoms with Crippen LogP contribution in [0, 0.1) is 29.1 Å². The van der Waals surface area contributed by atoms with E-state index >= 15 is 0 Å². The maximum absolute atomic E-state index is 12.3. The Morgan fingerprint density at radius 1 is 1.17 bits per heavy atom. The maximum atomic E-state index is 12.3. The van der Waals surface area contributed by atoms with Crippen molar-refractivity contribution >= 4 is 23.9 Å². The third kappa shape index (κ3) is 3.44. The van der Waals surface area contributed by atoms with Gasteiger partial charge in [-0.1, -0.05) is 27.7 Å². The van der Waals surface area contributed by atoms with Crippen LogP contribution in [-0.4, -0.2) is 37.6 Å². The van der Waals surface area contributed by atoms with Crippen molar-refractivity contribution in [1.82, 2.24) is 0 Å². The molecule has 0 amide bonds. The molecular weight excluding hydrogens is 316 g/mol. The molecular formula is C17H26O7. The van der Waals surface area contributed by atoms with E-state index in [9.17, 15) is 19.2 Å². The van der Waals surface area contributed by atoms with E-state index in [-0.39, 0.29) is 18.9 Å². The van der Waals surface area contributed by atoms with Crippen molar-refractivity contribution in [3.05, 3.63) is 0 Å². The summed E-state index contributed by atoms with van der Waals surface area (Å²) in [6, 6.07) is 0. The Kier molecular flexibility index (Phi) is 6.51. The van der Waals surface area contributed by atoms with Gasteiger partial charge in [-0.2, -0.15) is 0 Å². The van der Waals surface area contributed by atoms with Crippen molar-refractivity contribution in [1.29, 1.82) is 0 Å². The van der Waals surface area contributed by atoms with Crippen LogP contribution in [0.15, 0.2) is 0 Å². The van der Waals surface area contributed by atoms with Crippen LogP contribution in [0.4, 0.5) is 0 Å². The standard InChI is InChI=1S/C15H20O7.C2H6/c1-7-6-21-12(17)9(7)5-15(3,14(19)20-4)10-8(2)11(16)22-13(10)18;1-2/h7-10H,5-6H2,1-4H3;1-2H3. The minimum atomic E-state index is -1.32. The Bertz CT molecular complexity index is 527. The number of ether oxygens (including phenoxy) is 3. The lowest BCUT2D eigenvalue weighted by molar-refractivity contribution is -0.165. The van der Waals surface area contributed by atoms with Gasteiger partial charge in [0.25, 0.3) is 0 Å². The van der Waals surface area contributed by atoms with Crippen LogP contribution < -0.4 is 0 Å². The third-order valence-corrected chi connectivity index (χ3v) is 4.79. The summed E-state index contributed by atoms with van der Waals surface area (Å²) in [7, 11) is 1.21. The predicted molar refractivity (Wildman–Crippen MR) is 83.5 cm³/mol. The topological polar surface area (TPSA) is 96.0 Å². The van der Waals surface area contributed by atoms with Gasteiger partial charge in [0.1, 0.15) is 0 Å². The SMILES string of the molecule is CC.COC(=O)C(C)(CC1C(=O)OCC1C)C1C(=O)OC(=O)C1C. The molecule has 2 fully saturated rings. The summed E-state index contributed by atoms with van der Waals surface area (Å²) < 4.78 is 14.5. The van der Waals surface area contributed by atoms with Crippen LogP contribution in [0.5, 0.6) is 0 Å². The van der Waals surface area contributed by atoms with Gasteiger partial charge in [0.2, 0.25) is 0 Å². The van der Waals surface area contributed by atoms with Crippen molar-refractivity contribution in [2.24, 2.45) is 29.1 Å². The predicted octanol–water partition coefficient (Wildman–Crippen LogP) is 1.73. The van der Waals surface area contributed by atoms with Crippen LogP contribution >= 0.6 is 0 Å². The summed E-state index contributed by atoms with van der Waals surface area (Å²) in [5.41, 5.74) is -1.32. The fraction of sp³-hybridized carbons (Fsp3) is 0.765. The number of methoxy groups -OCH3 is 1. The summed E-state index contributed by atoms with van der Waals surface area (Å²) in [6.45, 7) is 9.20. The Morgan fingerprint density at radius 3 is 2.12 bits per heavy atom. The van der Waals surface area contributed by atoms with E-state index < -0.39 is 47.0 Å². The van der Waals surface area contributed by atoms with Gasteiger partial charge >= 0.3 is 23.9 Å². The molecule has 2 aliphatic rings. The second-order valence-corrected chi connectivity index (χ2v) is 6.33. The summed E-state index contributed by atoms with van der Waals surface area (Å²) in [5, 5.41) is 0. The molecule has 0 spiro atoms. The lowest BCUT2D eigenvalue weighted by Gasteiger charge is -2.33. The highest BCUT2D eigenvalue weighted by atomic mass is 16.6. The summed E-state index contributed by atoms with van der Waals surface area (Å²) in [4.78, 5) is 47.8. The summed E-state index contributed by atoms with van der Waals surface area (Å²) in [6.07, 6.45) is 0.0804. The van der Waals surface area contributed by atoms with E-state index in [0.29, 0.717) is 0 Å². The van der Waals surface area contributed by atoms with E-state index in [1.807, 2.05) is 20.8 Å². The zero-order chi connectivity index (χ0) is 18.7. The number of carbonyl (C=O) groups excluding carboxylic acids is 4. The third-order valence-electron chi connectivity index (χ3n) is 4.79. The fourth-order valence-corrected chi connectivity index (χ4v) is 3.39. The van der Waals surface area contributed by atoms with E-state index in [4.69, 9.17) is 9.47 Å². The van der Waals surface area contributed by atoms with Crippen LogP contribution in [-0.2, 0) is 33.4 Å². The van der Waals surface area contributed by atoms with Gasteiger partial charge in [-0.05, 0) is 13.3 Å². The molecule has 0 aromatic heterocycles. The molecule has 2 saturated heterocycles. The lowest BCUT2D eigenvalue weighted by atomic mass is 9.66. The first kappa shape index (κ1) is 20.1. The minimum Gasteiger partial charge on any atom is -0.469 e. The van der Waals surface area contributed by atoms with E-state index in [1.54, 1.807) is 0 Å². The molecule has 5 atom stereocenters. The van der Waals surface area contributed by atoms with E-state index in [2.05, 4.69) is 4.74 Å². The van der Waals surface area contributed by atoms with Crippen molar-refractivity contribution in [3.8, 4) is 0 Å². The molecule has 2 heterocycles. The number of hydrogen-bond acceptors (Lipinski definition) is 7. The van der Waals surface area contributed by atoms with Crippen LogP contribution in [0.1, 0.15) is 41.0 Å². The highest BCUT2D eigenvalue weighted by Gasteiger charge is 2.58. The monoisotopic (exact) mass is 342 g/mol. The van der Waals surface area contributed by atoms with Gasteiger partial charge in [0.15, 0.2) is 0 Å². The number of rotatable bonds is 4. The smallest absolute Gasteiger partial charge is 0.318 e. The molecule has 0 aromatic carbocycles. The molecule has 0 bridgehead atoms. The number of cyclic esters (lactones) is 3. The van der Waals surface area contributed by atoms with Crippen LogP contribution in [0.3, 0.4) is 0 Å². The minimum absolute atomic E-state index is 0.0695. The van der Waals surface area contributed by atoms with Gasteiger partial charge in [-0.15, -0.1) is 0 Å². The van der Waals surface area contributed by atoms with Gasteiger partial charge in [0.05, 0.1) is 36.9 Å². The Balaban J connectivity index is 0.00000139. The van der Waals surface area contributed by atoms with Crippen molar-refractivity contribution < 1.29 is 33.4 Å². The molecule has 0 aliphatic carbocycles. The van der Waals surface area contributed by atoms with Crippen LogP contribution in [0.25, 0.3) is 0 Å². The summed E-state index contributed by atoms with van der Waals surface area (Å²) in [5.74, 6) is -4.75. The Labute approximate surface area is 142 Å². The highest BCUT2D eigenvalue weighted by Crippen LogP contribution is 2.46. The number of carbonyl (C=O) groups is 4. The second kappa shape index (κ2) is 7.77. The van der Waals surface area contributed by atoms with Gasteiger partial charge < -0.3 is 14.2 Å². The van der Waals surface area contributed by atoms with Crippen molar-refractivity contribution in [2.75, 3.05) is 13.7 Å². The molecule has 7 heteroatoms. The highest BCUT2D eigenvalue weighted by molar-refractivity contribution is 5.99. The van der Waals surface area contributed by atoms with Gasteiger partial charge in [-0.25, -0.2) is 0 Å². The van der Waals surface area contributed by atoms with Crippen molar-refractivity contribution in [2.45, 2.75) is 41.0 Å². The van der Waals surface area contributed by atoms with E-state index in [1.165, 1.54) is 21.0 Å². The largest absolute Gasteiger partial charge is 0.469 e. The molecule has 0 aromatic rings. The van der Waals surface area contributed by atoms with Gasteiger partial charge in [-0.3, -0.25) is 19.2 Å². The first-order chi connectivity index (χ1) is 11.2. The van der Waals surface area contributed by atoms with Crippen molar-refractivity contribution in [3.63, 3.8) is 0 Å². The molecule has 2 aliphatic heterocycles. The fourth-order valence-electron chi connectivity index (χ4n) is 3.39. The number of esters is 4.